The number of ether oxygens (including phenoxy) is 1. The van der Waals surface area contributed by atoms with Crippen molar-refractivity contribution in [2.45, 2.75) is 13.3 Å². The molecule has 3 N–H and O–H groups in total. The van der Waals surface area contributed by atoms with Gasteiger partial charge in [-0.2, -0.15) is 0 Å². The van der Waals surface area contributed by atoms with Gasteiger partial charge in [-0.1, -0.05) is 6.07 Å². The molecule has 5 nitrogen and oxygen atoms in total. The minimum atomic E-state index is -0.135. The highest BCUT2D eigenvalue weighted by Gasteiger charge is 2.08. The molecule has 0 unspecified atom stereocenters. The summed E-state index contributed by atoms with van der Waals surface area (Å²) in [7, 11) is 0. The van der Waals surface area contributed by atoms with E-state index in [2.05, 4.69) is 10.3 Å². The van der Waals surface area contributed by atoms with E-state index < -0.39 is 0 Å². The van der Waals surface area contributed by atoms with E-state index in [-0.39, 0.29) is 5.91 Å². The first-order valence-corrected chi connectivity index (χ1v) is 6.91. The standard InChI is InChI=1S/C16H19N3O2/c1-2-18-16(20)12-6-7-15(14(17)11-12)21-10-8-13-5-3-4-9-19-13/h3-7,9,11H,2,8,10,17H2,1H3,(H,18,20). The summed E-state index contributed by atoms with van der Waals surface area (Å²) in [5, 5.41) is 2.73. The van der Waals surface area contributed by atoms with Crippen molar-refractivity contribution in [3.05, 3.63) is 53.9 Å². The molecular weight excluding hydrogens is 266 g/mol. The van der Waals surface area contributed by atoms with E-state index in [1.807, 2.05) is 25.1 Å². The monoisotopic (exact) mass is 285 g/mol. The van der Waals surface area contributed by atoms with Crippen LogP contribution < -0.4 is 15.8 Å². The van der Waals surface area contributed by atoms with E-state index in [0.29, 0.717) is 36.6 Å². The summed E-state index contributed by atoms with van der Waals surface area (Å²) in [5.41, 5.74) is 7.87. The Morgan fingerprint density at radius 3 is 2.86 bits per heavy atom. The Hall–Kier alpha value is -2.56. The molecule has 2 rings (SSSR count). The maximum absolute atomic E-state index is 11.7. The average Bonchev–Trinajstić information content (AvgIpc) is 2.50. The predicted molar refractivity (Wildman–Crippen MR) is 82.3 cm³/mol. The maximum Gasteiger partial charge on any atom is 0.251 e. The lowest BCUT2D eigenvalue weighted by molar-refractivity contribution is 0.0956. The van der Waals surface area contributed by atoms with E-state index >= 15 is 0 Å². The summed E-state index contributed by atoms with van der Waals surface area (Å²) >= 11 is 0. The molecule has 0 saturated heterocycles. The zero-order chi connectivity index (χ0) is 15.1. The van der Waals surface area contributed by atoms with Gasteiger partial charge in [-0.05, 0) is 37.3 Å². The summed E-state index contributed by atoms with van der Waals surface area (Å²) < 4.78 is 5.64. The molecule has 0 bridgehead atoms. The maximum atomic E-state index is 11.7. The van der Waals surface area contributed by atoms with Crippen LogP contribution in [0.15, 0.2) is 42.6 Å². The molecule has 0 fully saturated rings. The Morgan fingerprint density at radius 1 is 1.33 bits per heavy atom. The van der Waals surface area contributed by atoms with Gasteiger partial charge in [0, 0.05) is 30.4 Å². The number of nitrogens with zero attached hydrogens (tertiary/aromatic N) is 1. The summed E-state index contributed by atoms with van der Waals surface area (Å²) in [4.78, 5) is 15.9. The van der Waals surface area contributed by atoms with Crippen molar-refractivity contribution in [3.8, 4) is 5.75 Å². The lowest BCUT2D eigenvalue weighted by Crippen LogP contribution is -2.22. The van der Waals surface area contributed by atoms with Gasteiger partial charge in [0.1, 0.15) is 5.75 Å². The molecule has 0 spiro atoms. The number of carbonyl (C=O) groups is 1. The van der Waals surface area contributed by atoms with Gasteiger partial charge in [-0.25, -0.2) is 0 Å². The van der Waals surface area contributed by atoms with Crippen molar-refractivity contribution in [3.63, 3.8) is 0 Å². The lowest BCUT2D eigenvalue weighted by atomic mass is 10.1. The highest BCUT2D eigenvalue weighted by Crippen LogP contribution is 2.22. The molecule has 1 aromatic carbocycles. The largest absolute Gasteiger partial charge is 0.491 e. The number of carbonyl (C=O) groups excluding carboxylic acids is 1. The molecule has 2 aromatic rings. The number of amides is 1. The highest BCUT2D eigenvalue weighted by atomic mass is 16.5. The van der Waals surface area contributed by atoms with Crippen molar-refractivity contribution in [2.24, 2.45) is 0 Å². The molecule has 5 heteroatoms. The number of anilines is 1. The molecule has 0 atom stereocenters. The fourth-order valence-corrected chi connectivity index (χ4v) is 1.90. The van der Waals surface area contributed by atoms with E-state index in [1.54, 1.807) is 24.4 Å². The predicted octanol–water partition coefficient (Wildman–Crippen LogP) is 2.04. The first-order chi connectivity index (χ1) is 10.2. The minimum Gasteiger partial charge on any atom is -0.491 e. The second-order valence-corrected chi connectivity index (χ2v) is 4.53. The Morgan fingerprint density at radius 2 is 2.19 bits per heavy atom. The Bertz CT molecular complexity index is 600. The molecule has 0 radical (unpaired) electrons. The summed E-state index contributed by atoms with van der Waals surface area (Å²) in [6.07, 6.45) is 2.46. The minimum absolute atomic E-state index is 0.135. The van der Waals surface area contributed by atoms with Gasteiger partial charge in [-0.15, -0.1) is 0 Å². The third-order valence-corrected chi connectivity index (χ3v) is 2.95. The van der Waals surface area contributed by atoms with Gasteiger partial charge in [-0.3, -0.25) is 9.78 Å². The topological polar surface area (TPSA) is 77.2 Å². The van der Waals surface area contributed by atoms with Crippen LogP contribution in [-0.2, 0) is 6.42 Å². The fourth-order valence-electron chi connectivity index (χ4n) is 1.90. The van der Waals surface area contributed by atoms with Crippen LogP contribution in [0.4, 0.5) is 5.69 Å². The SMILES string of the molecule is CCNC(=O)c1ccc(OCCc2ccccn2)c(N)c1. The van der Waals surface area contributed by atoms with Crippen LogP contribution in [0.25, 0.3) is 0 Å². The number of nitrogen functional groups attached to an aromatic ring is 1. The van der Waals surface area contributed by atoms with Crippen LogP contribution >= 0.6 is 0 Å². The van der Waals surface area contributed by atoms with Crippen molar-refractivity contribution in [2.75, 3.05) is 18.9 Å². The summed E-state index contributed by atoms with van der Waals surface area (Å²) in [6.45, 7) is 2.94. The van der Waals surface area contributed by atoms with Gasteiger partial charge in [0.15, 0.2) is 0 Å². The third kappa shape index (κ3) is 4.21. The third-order valence-electron chi connectivity index (χ3n) is 2.95. The number of nitrogens with one attached hydrogen (secondary N) is 1. The second kappa shape index (κ2) is 7.28. The lowest BCUT2D eigenvalue weighted by Gasteiger charge is -2.10. The molecule has 21 heavy (non-hydrogen) atoms. The molecule has 1 amide bonds. The first kappa shape index (κ1) is 14.8. The smallest absolute Gasteiger partial charge is 0.251 e. The molecule has 0 aliphatic heterocycles. The van der Waals surface area contributed by atoms with Crippen LogP contribution in [0, 0.1) is 0 Å². The van der Waals surface area contributed by atoms with E-state index in [1.165, 1.54) is 0 Å². The van der Waals surface area contributed by atoms with Crippen LogP contribution in [0.5, 0.6) is 5.75 Å². The zero-order valence-electron chi connectivity index (χ0n) is 12.0. The second-order valence-electron chi connectivity index (χ2n) is 4.53. The normalized spacial score (nSPS) is 10.1. The molecule has 0 aliphatic carbocycles. The molecule has 0 aliphatic rings. The number of hydrogen-bond donors (Lipinski definition) is 2. The molecular formula is C16H19N3O2. The van der Waals surface area contributed by atoms with Gasteiger partial charge in [0.2, 0.25) is 0 Å². The van der Waals surface area contributed by atoms with E-state index in [4.69, 9.17) is 10.5 Å². The zero-order valence-corrected chi connectivity index (χ0v) is 12.0. The van der Waals surface area contributed by atoms with Crippen molar-refractivity contribution < 1.29 is 9.53 Å². The molecule has 110 valence electrons. The van der Waals surface area contributed by atoms with Crippen LogP contribution in [0.2, 0.25) is 0 Å². The Kier molecular flexibility index (Phi) is 5.15. The summed E-state index contributed by atoms with van der Waals surface area (Å²) in [6, 6.07) is 10.8. The number of pyridine rings is 1. The highest BCUT2D eigenvalue weighted by molar-refractivity contribution is 5.95. The van der Waals surface area contributed by atoms with E-state index in [9.17, 15) is 4.79 Å². The van der Waals surface area contributed by atoms with Gasteiger partial charge < -0.3 is 15.8 Å². The Labute approximate surface area is 124 Å². The molecule has 0 saturated carbocycles. The quantitative estimate of drug-likeness (QED) is 0.796. The number of aromatic nitrogens is 1. The fraction of sp³-hybridized carbons (Fsp3) is 0.250. The number of benzene rings is 1. The average molecular weight is 285 g/mol. The van der Waals surface area contributed by atoms with Gasteiger partial charge in [0.05, 0.1) is 12.3 Å². The summed E-state index contributed by atoms with van der Waals surface area (Å²) in [5.74, 6) is 0.447. The number of nitrogens with two attached hydrogens (primary N) is 1. The van der Waals surface area contributed by atoms with Gasteiger partial charge in [0.25, 0.3) is 5.91 Å². The Balaban J connectivity index is 1.93. The molecule has 1 heterocycles. The van der Waals surface area contributed by atoms with Crippen molar-refractivity contribution in [1.29, 1.82) is 0 Å². The van der Waals surface area contributed by atoms with Crippen molar-refractivity contribution in [1.82, 2.24) is 10.3 Å². The van der Waals surface area contributed by atoms with Crippen molar-refractivity contribution >= 4 is 11.6 Å². The number of hydrogen-bond acceptors (Lipinski definition) is 4. The van der Waals surface area contributed by atoms with Gasteiger partial charge >= 0.3 is 0 Å². The van der Waals surface area contributed by atoms with Crippen LogP contribution in [0.3, 0.4) is 0 Å². The van der Waals surface area contributed by atoms with Crippen LogP contribution in [-0.4, -0.2) is 24.0 Å². The van der Waals surface area contributed by atoms with Crippen LogP contribution in [0.1, 0.15) is 23.0 Å². The number of rotatable bonds is 6. The van der Waals surface area contributed by atoms with E-state index in [0.717, 1.165) is 5.69 Å². The molecule has 1 aromatic heterocycles. The first-order valence-electron chi connectivity index (χ1n) is 6.91.